The van der Waals surface area contributed by atoms with E-state index >= 15 is 0 Å². The molecule has 1 atom stereocenters. The molecule has 0 aromatic heterocycles. The number of aliphatic hydroxyl groups is 1. The summed E-state index contributed by atoms with van der Waals surface area (Å²) >= 11 is 0. The average Bonchev–Trinajstić information content (AvgIpc) is 3.09. The fourth-order valence-corrected chi connectivity index (χ4v) is 6.06. The third-order valence-corrected chi connectivity index (χ3v) is 9.25. The quantitative estimate of drug-likeness (QED) is 0.0400. The number of allylic oxidation sites excluding steroid dienone is 4. The molecule has 5 heteroatoms. The Labute approximate surface area is 298 Å². The zero-order valence-electron chi connectivity index (χ0n) is 32.0. The first-order valence-corrected chi connectivity index (χ1v) is 20.9. The predicted octanol–water partition coefficient (Wildman–Crippen LogP) is 13.1. The molecule has 0 amide bonds. The van der Waals surface area contributed by atoms with Gasteiger partial charge in [-0.05, 0) is 44.9 Å². The predicted molar refractivity (Wildman–Crippen MR) is 205 cm³/mol. The second-order valence-corrected chi connectivity index (χ2v) is 14.1. The fourth-order valence-electron chi connectivity index (χ4n) is 6.06. The molecule has 0 aromatic carbocycles. The van der Waals surface area contributed by atoms with Crippen molar-refractivity contribution in [2.75, 3.05) is 13.2 Å². The fraction of sp³-hybridized carbons (Fsp3) is 0.860. The van der Waals surface area contributed by atoms with E-state index in [9.17, 15) is 14.7 Å². The Morgan fingerprint density at radius 1 is 0.479 bits per heavy atom. The van der Waals surface area contributed by atoms with Gasteiger partial charge in [-0.15, -0.1) is 0 Å². The van der Waals surface area contributed by atoms with Crippen molar-refractivity contribution >= 4 is 11.9 Å². The molecule has 0 saturated carbocycles. The lowest BCUT2D eigenvalue weighted by atomic mass is 10.0. The van der Waals surface area contributed by atoms with Crippen LogP contribution in [-0.2, 0) is 19.1 Å². The van der Waals surface area contributed by atoms with Gasteiger partial charge in [0.1, 0.15) is 6.61 Å². The van der Waals surface area contributed by atoms with Crippen LogP contribution in [0.5, 0.6) is 0 Å². The van der Waals surface area contributed by atoms with E-state index in [0.717, 1.165) is 44.9 Å². The van der Waals surface area contributed by atoms with Gasteiger partial charge in [0.25, 0.3) is 0 Å². The van der Waals surface area contributed by atoms with Crippen LogP contribution in [0.25, 0.3) is 0 Å². The maximum atomic E-state index is 12.1. The van der Waals surface area contributed by atoms with Crippen LogP contribution in [-0.4, -0.2) is 36.4 Å². The molecular weight excluding hydrogens is 596 g/mol. The Morgan fingerprint density at radius 2 is 0.833 bits per heavy atom. The van der Waals surface area contributed by atoms with E-state index in [1.165, 1.54) is 148 Å². The largest absolute Gasteiger partial charge is 0.462 e. The van der Waals surface area contributed by atoms with E-state index in [0.29, 0.717) is 12.8 Å². The molecule has 0 radical (unpaired) electrons. The molecule has 1 N–H and O–H groups in total. The second-order valence-electron chi connectivity index (χ2n) is 14.1. The Hall–Kier alpha value is -1.62. The van der Waals surface area contributed by atoms with Crippen LogP contribution in [0.4, 0.5) is 0 Å². The molecule has 1 unspecified atom stereocenters. The molecule has 48 heavy (non-hydrogen) atoms. The topological polar surface area (TPSA) is 72.8 Å². The minimum atomic E-state index is -0.764. The summed E-state index contributed by atoms with van der Waals surface area (Å²) in [7, 11) is 0. The minimum Gasteiger partial charge on any atom is -0.462 e. The van der Waals surface area contributed by atoms with Crippen molar-refractivity contribution in [1.29, 1.82) is 0 Å². The second kappa shape index (κ2) is 39.8. The zero-order valence-corrected chi connectivity index (χ0v) is 32.0. The lowest BCUT2D eigenvalue weighted by Crippen LogP contribution is -2.28. The number of rotatable bonds is 38. The number of carbonyl (C=O) groups excluding carboxylic acids is 2. The van der Waals surface area contributed by atoms with Gasteiger partial charge in [0.15, 0.2) is 6.10 Å². The van der Waals surface area contributed by atoms with Gasteiger partial charge in [-0.1, -0.05) is 186 Å². The van der Waals surface area contributed by atoms with Gasteiger partial charge >= 0.3 is 11.9 Å². The Kier molecular flexibility index (Phi) is 38.5. The highest BCUT2D eigenvalue weighted by Crippen LogP contribution is 2.15. The van der Waals surface area contributed by atoms with Gasteiger partial charge < -0.3 is 14.6 Å². The van der Waals surface area contributed by atoms with E-state index < -0.39 is 6.10 Å². The molecule has 5 nitrogen and oxygen atoms in total. The zero-order chi connectivity index (χ0) is 35.0. The highest BCUT2D eigenvalue weighted by Gasteiger charge is 2.16. The number of hydrogen-bond acceptors (Lipinski definition) is 5. The van der Waals surface area contributed by atoms with E-state index in [1.807, 2.05) is 0 Å². The van der Waals surface area contributed by atoms with Crippen LogP contribution < -0.4 is 0 Å². The maximum Gasteiger partial charge on any atom is 0.306 e. The van der Waals surface area contributed by atoms with E-state index in [-0.39, 0.29) is 25.2 Å². The Bertz CT molecular complexity index is 731. The third-order valence-electron chi connectivity index (χ3n) is 9.25. The minimum absolute atomic E-state index is 0.0619. The summed E-state index contributed by atoms with van der Waals surface area (Å²) in [6.07, 6.45) is 47.0. The first-order chi connectivity index (χ1) is 23.6. The third kappa shape index (κ3) is 37.2. The first-order valence-electron chi connectivity index (χ1n) is 20.9. The van der Waals surface area contributed by atoms with E-state index in [1.54, 1.807) is 0 Å². The monoisotopic (exact) mass is 677 g/mol. The first kappa shape index (κ1) is 46.4. The molecule has 0 rings (SSSR count). The molecule has 0 fully saturated rings. The molecule has 0 bridgehead atoms. The van der Waals surface area contributed by atoms with Gasteiger partial charge in [0.2, 0.25) is 0 Å². The molecule has 0 aliphatic carbocycles. The highest BCUT2D eigenvalue weighted by atomic mass is 16.6. The SMILES string of the molecule is CCCCCCC/C=C\C/C=C\CCCCCCCCCCCCCCCCCC(=O)OC(CO)COC(=O)CCCCCCCCC. The van der Waals surface area contributed by atoms with Crippen molar-refractivity contribution in [3.05, 3.63) is 24.3 Å². The number of carbonyl (C=O) groups is 2. The molecular formula is C43H80O5. The summed E-state index contributed by atoms with van der Waals surface area (Å²) in [6.45, 7) is 4.09. The normalized spacial score (nSPS) is 12.3. The lowest BCUT2D eigenvalue weighted by Gasteiger charge is -2.15. The van der Waals surface area contributed by atoms with Crippen molar-refractivity contribution in [2.24, 2.45) is 0 Å². The van der Waals surface area contributed by atoms with E-state index in [4.69, 9.17) is 9.47 Å². The van der Waals surface area contributed by atoms with Gasteiger partial charge in [0, 0.05) is 12.8 Å². The van der Waals surface area contributed by atoms with Crippen LogP contribution in [0.2, 0.25) is 0 Å². The van der Waals surface area contributed by atoms with Gasteiger partial charge in [0.05, 0.1) is 6.61 Å². The van der Waals surface area contributed by atoms with Crippen molar-refractivity contribution in [3.63, 3.8) is 0 Å². The number of esters is 2. The Morgan fingerprint density at radius 3 is 1.23 bits per heavy atom. The number of unbranched alkanes of at least 4 members (excludes halogenated alkanes) is 26. The molecule has 0 aliphatic rings. The molecule has 282 valence electrons. The van der Waals surface area contributed by atoms with Crippen LogP contribution in [0.15, 0.2) is 24.3 Å². The van der Waals surface area contributed by atoms with E-state index in [2.05, 4.69) is 38.2 Å². The van der Waals surface area contributed by atoms with Gasteiger partial charge in [-0.25, -0.2) is 0 Å². The van der Waals surface area contributed by atoms with Crippen molar-refractivity contribution < 1.29 is 24.2 Å². The molecule has 0 spiro atoms. The van der Waals surface area contributed by atoms with Gasteiger partial charge in [-0.3, -0.25) is 9.59 Å². The average molecular weight is 677 g/mol. The summed E-state index contributed by atoms with van der Waals surface area (Å²) in [5.74, 6) is -0.591. The summed E-state index contributed by atoms with van der Waals surface area (Å²) < 4.78 is 10.5. The van der Waals surface area contributed by atoms with Crippen molar-refractivity contribution in [2.45, 2.75) is 225 Å². The van der Waals surface area contributed by atoms with Crippen molar-refractivity contribution in [3.8, 4) is 0 Å². The maximum absolute atomic E-state index is 12.1. The summed E-state index contributed by atoms with van der Waals surface area (Å²) in [5.41, 5.74) is 0. The van der Waals surface area contributed by atoms with Crippen LogP contribution in [0.1, 0.15) is 219 Å². The number of hydrogen-bond donors (Lipinski definition) is 1. The summed E-state index contributed by atoms with van der Waals surface area (Å²) in [5, 5.41) is 9.51. The molecule has 0 heterocycles. The smallest absolute Gasteiger partial charge is 0.306 e. The van der Waals surface area contributed by atoms with Crippen LogP contribution in [0.3, 0.4) is 0 Å². The molecule has 0 aliphatic heterocycles. The molecule has 0 saturated heterocycles. The highest BCUT2D eigenvalue weighted by molar-refractivity contribution is 5.70. The number of aliphatic hydroxyl groups excluding tert-OH is 1. The number of ether oxygens (including phenoxy) is 2. The van der Waals surface area contributed by atoms with Crippen LogP contribution >= 0.6 is 0 Å². The standard InChI is InChI=1S/C43H80O5/c1-3-5-7-9-11-12-13-14-15-16-17-18-19-20-21-22-23-24-25-26-27-28-29-30-32-34-36-38-43(46)48-41(39-44)40-47-42(45)37-35-33-31-10-8-6-4-2/h13-14,16-17,41,44H,3-12,15,18-40H2,1-2H3/b14-13-,17-16-. The van der Waals surface area contributed by atoms with Crippen LogP contribution in [0, 0.1) is 0 Å². The van der Waals surface area contributed by atoms with Gasteiger partial charge in [-0.2, -0.15) is 0 Å². The summed E-state index contributed by atoms with van der Waals surface area (Å²) in [6, 6.07) is 0. The molecule has 0 aromatic rings. The summed E-state index contributed by atoms with van der Waals surface area (Å²) in [4.78, 5) is 24.1. The Balaban J connectivity index is 3.42. The van der Waals surface area contributed by atoms with Crippen molar-refractivity contribution in [1.82, 2.24) is 0 Å². The lowest BCUT2D eigenvalue weighted by molar-refractivity contribution is -0.161.